The lowest BCUT2D eigenvalue weighted by Crippen LogP contribution is -2.35. The minimum atomic E-state index is -0.622. The molecule has 0 N–H and O–H groups in total. The summed E-state index contributed by atoms with van der Waals surface area (Å²) in [5.74, 6) is 0.471. The molecular formula is C18H20N4O3S. The Labute approximate surface area is 155 Å². The van der Waals surface area contributed by atoms with E-state index in [1.54, 1.807) is 45.2 Å². The molecule has 0 aromatic carbocycles. The minimum absolute atomic E-state index is 0.360. The molecule has 0 unspecified atom stereocenters. The molecule has 0 saturated carbocycles. The van der Waals surface area contributed by atoms with Gasteiger partial charge in [0.2, 0.25) is 0 Å². The third-order valence-corrected chi connectivity index (χ3v) is 4.63. The van der Waals surface area contributed by atoms with E-state index in [2.05, 4.69) is 10.1 Å². The van der Waals surface area contributed by atoms with Crippen molar-refractivity contribution in [1.29, 1.82) is 0 Å². The first-order valence-electron chi connectivity index (χ1n) is 8.07. The van der Waals surface area contributed by atoms with Gasteiger partial charge in [0.1, 0.15) is 11.4 Å². The van der Waals surface area contributed by atoms with Crippen molar-refractivity contribution in [2.45, 2.75) is 33.3 Å². The molecule has 3 aromatic rings. The number of hydrogen-bond acceptors (Lipinski definition) is 6. The first kappa shape index (κ1) is 18.1. The Bertz CT molecular complexity index is 984. The lowest BCUT2D eigenvalue weighted by Gasteiger charge is -2.25. The lowest BCUT2D eigenvalue weighted by molar-refractivity contribution is 0.0587. The highest BCUT2D eigenvalue weighted by molar-refractivity contribution is 7.15. The summed E-state index contributed by atoms with van der Waals surface area (Å²) >= 11 is 1.59. The molecule has 1 amide bonds. The predicted octanol–water partition coefficient (Wildman–Crippen LogP) is 3.95. The normalized spacial score (nSPS) is 11.6. The van der Waals surface area contributed by atoms with Gasteiger partial charge in [0.25, 0.3) is 0 Å². The summed E-state index contributed by atoms with van der Waals surface area (Å²) in [6.45, 7) is 7.42. The highest BCUT2D eigenvalue weighted by Crippen LogP contribution is 2.30. The number of anilines is 1. The summed E-state index contributed by atoms with van der Waals surface area (Å²) in [5, 5.41) is 4.21. The fourth-order valence-electron chi connectivity index (χ4n) is 2.41. The number of hydrogen-bond donors (Lipinski definition) is 0. The molecule has 0 fully saturated rings. The molecule has 8 heteroatoms. The molecule has 0 bridgehead atoms. The fourth-order valence-corrected chi connectivity index (χ4v) is 3.24. The van der Waals surface area contributed by atoms with E-state index in [0.717, 1.165) is 9.75 Å². The summed E-state index contributed by atoms with van der Waals surface area (Å²) in [6.07, 6.45) is 1.63. The number of aldehydes is 1. The quantitative estimate of drug-likeness (QED) is 0.651. The van der Waals surface area contributed by atoms with Crippen molar-refractivity contribution < 1.29 is 14.3 Å². The van der Waals surface area contributed by atoms with Crippen LogP contribution in [0.15, 0.2) is 24.4 Å². The van der Waals surface area contributed by atoms with Crippen LogP contribution in [0.4, 0.5) is 10.6 Å². The Kier molecular flexibility index (Phi) is 4.53. The molecule has 7 nitrogen and oxygen atoms in total. The van der Waals surface area contributed by atoms with Crippen molar-refractivity contribution in [3.63, 3.8) is 0 Å². The van der Waals surface area contributed by atoms with E-state index in [-0.39, 0.29) is 0 Å². The number of amides is 1. The molecular weight excluding hydrogens is 352 g/mol. The van der Waals surface area contributed by atoms with Crippen LogP contribution in [0.5, 0.6) is 0 Å². The van der Waals surface area contributed by atoms with Crippen LogP contribution in [0.2, 0.25) is 0 Å². The number of fused-ring (bicyclic) bond motifs is 1. The van der Waals surface area contributed by atoms with E-state index >= 15 is 0 Å². The summed E-state index contributed by atoms with van der Waals surface area (Å²) in [5.41, 5.74) is 0.807. The molecule has 0 atom stereocenters. The van der Waals surface area contributed by atoms with Gasteiger partial charge in [-0.3, -0.25) is 9.69 Å². The maximum atomic E-state index is 12.5. The highest BCUT2D eigenvalue weighted by atomic mass is 32.1. The predicted molar refractivity (Wildman–Crippen MR) is 101 cm³/mol. The molecule has 0 aliphatic rings. The van der Waals surface area contributed by atoms with Crippen LogP contribution in [0, 0.1) is 6.92 Å². The standard InChI is InChI=1S/C18H20N4O3S/c1-11-6-7-14(26-11)13-8-15(21(5)17(24)25-18(2,3)4)22-16(20-13)12(10-23)9-19-22/h6-10H,1-5H3. The molecule has 3 rings (SSSR count). The average Bonchev–Trinajstić information content (AvgIpc) is 3.17. The van der Waals surface area contributed by atoms with E-state index in [4.69, 9.17) is 4.74 Å². The number of thiophene rings is 1. The zero-order valence-corrected chi connectivity index (χ0v) is 16.1. The summed E-state index contributed by atoms with van der Waals surface area (Å²) in [4.78, 5) is 31.9. The zero-order valence-electron chi connectivity index (χ0n) is 15.3. The van der Waals surface area contributed by atoms with Gasteiger partial charge in [0.05, 0.1) is 22.3 Å². The van der Waals surface area contributed by atoms with Crippen LogP contribution < -0.4 is 4.90 Å². The number of carbonyl (C=O) groups is 2. The van der Waals surface area contributed by atoms with Crippen LogP contribution in [0.25, 0.3) is 16.2 Å². The topological polar surface area (TPSA) is 76.8 Å². The average molecular weight is 372 g/mol. The third kappa shape index (κ3) is 3.45. The van der Waals surface area contributed by atoms with Crippen LogP contribution in [0.1, 0.15) is 36.0 Å². The van der Waals surface area contributed by atoms with E-state index in [9.17, 15) is 9.59 Å². The third-order valence-electron chi connectivity index (χ3n) is 3.61. The van der Waals surface area contributed by atoms with Gasteiger partial charge >= 0.3 is 6.09 Å². The van der Waals surface area contributed by atoms with Crippen LogP contribution in [-0.4, -0.2) is 39.6 Å². The van der Waals surface area contributed by atoms with Crippen molar-refractivity contribution in [3.05, 3.63) is 34.8 Å². The Morgan fingerprint density at radius 3 is 2.65 bits per heavy atom. The van der Waals surface area contributed by atoms with E-state index in [0.29, 0.717) is 29.0 Å². The SMILES string of the molecule is Cc1ccc(-c2cc(N(C)C(=O)OC(C)(C)C)n3ncc(C=O)c3n2)s1. The molecule has 26 heavy (non-hydrogen) atoms. The number of ether oxygens (including phenoxy) is 1. The monoisotopic (exact) mass is 372 g/mol. The second-order valence-corrected chi connectivity index (χ2v) is 8.19. The Morgan fingerprint density at radius 2 is 2.08 bits per heavy atom. The van der Waals surface area contributed by atoms with Crippen molar-refractivity contribution >= 4 is 35.2 Å². The van der Waals surface area contributed by atoms with Crippen molar-refractivity contribution in [2.75, 3.05) is 11.9 Å². The molecule has 0 aliphatic carbocycles. The smallest absolute Gasteiger partial charge is 0.415 e. The Hall–Kier alpha value is -2.74. The van der Waals surface area contributed by atoms with Crippen molar-refractivity contribution in [3.8, 4) is 10.6 Å². The number of aryl methyl sites for hydroxylation is 1. The summed E-state index contributed by atoms with van der Waals surface area (Å²) < 4.78 is 6.91. The second-order valence-electron chi connectivity index (χ2n) is 6.90. The number of carbonyl (C=O) groups excluding carboxylic acids is 2. The number of nitrogens with zero attached hydrogens (tertiary/aromatic N) is 4. The molecule has 0 spiro atoms. The maximum absolute atomic E-state index is 12.5. The van der Waals surface area contributed by atoms with Crippen molar-refractivity contribution in [2.24, 2.45) is 0 Å². The van der Waals surface area contributed by atoms with Gasteiger partial charge in [-0.25, -0.2) is 9.78 Å². The molecule has 0 radical (unpaired) electrons. The fraction of sp³-hybridized carbons (Fsp3) is 0.333. The molecule has 0 saturated heterocycles. The molecule has 136 valence electrons. The van der Waals surface area contributed by atoms with E-state index in [1.165, 1.54) is 15.6 Å². The van der Waals surface area contributed by atoms with E-state index in [1.807, 2.05) is 19.1 Å². The van der Waals surface area contributed by atoms with Gasteiger partial charge in [0, 0.05) is 18.0 Å². The van der Waals surface area contributed by atoms with Gasteiger partial charge in [-0.15, -0.1) is 11.3 Å². The van der Waals surface area contributed by atoms with Gasteiger partial charge < -0.3 is 4.74 Å². The highest BCUT2D eigenvalue weighted by Gasteiger charge is 2.24. The Balaban J connectivity index is 2.15. The zero-order chi connectivity index (χ0) is 19.1. The van der Waals surface area contributed by atoms with Crippen LogP contribution in [-0.2, 0) is 4.74 Å². The first-order valence-corrected chi connectivity index (χ1v) is 8.89. The molecule has 3 heterocycles. The first-order chi connectivity index (χ1) is 12.2. The van der Waals surface area contributed by atoms with Gasteiger partial charge in [0.15, 0.2) is 11.9 Å². The number of rotatable bonds is 3. The molecule has 0 aliphatic heterocycles. The summed E-state index contributed by atoms with van der Waals surface area (Å²) in [6, 6.07) is 5.73. The van der Waals surface area contributed by atoms with Crippen LogP contribution >= 0.6 is 11.3 Å². The van der Waals surface area contributed by atoms with Gasteiger partial charge in [-0.05, 0) is 39.8 Å². The van der Waals surface area contributed by atoms with Gasteiger partial charge in [-0.2, -0.15) is 9.61 Å². The van der Waals surface area contributed by atoms with Crippen LogP contribution in [0.3, 0.4) is 0 Å². The number of aromatic nitrogens is 3. The minimum Gasteiger partial charge on any atom is -0.443 e. The second kappa shape index (κ2) is 6.53. The molecule has 3 aromatic heterocycles. The largest absolute Gasteiger partial charge is 0.443 e. The summed E-state index contributed by atoms with van der Waals surface area (Å²) in [7, 11) is 1.61. The lowest BCUT2D eigenvalue weighted by atomic mass is 10.2. The maximum Gasteiger partial charge on any atom is 0.415 e. The van der Waals surface area contributed by atoms with Gasteiger partial charge in [-0.1, -0.05) is 0 Å². The Morgan fingerprint density at radius 1 is 1.35 bits per heavy atom. The van der Waals surface area contributed by atoms with Crippen molar-refractivity contribution in [1.82, 2.24) is 14.6 Å². The van der Waals surface area contributed by atoms with E-state index < -0.39 is 11.7 Å².